The fourth-order valence-electron chi connectivity index (χ4n) is 6.87. The van der Waals surface area contributed by atoms with Crippen LogP contribution in [0.25, 0.3) is 0 Å². The van der Waals surface area contributed by atoms with Gasteiger partial charge in [0.15, 0.2) is 18.9 Å². The van der Waals surface area contributed by atoms with Crippen molar-refractivity contribution in [3.63, 3.8) is 0 Å². The van der Waals surface area contributed by atoms with E-state index < -0.39 is 118 Å². The van der Waals surface area contributed by atoms with Crippen molar-refractivity contribution in [1.82, 2.24) is 5.32 Å². The molecule has 3 rings (SSSR count). The van der Waals surface area contributed by atoms with Crippen LogP contribution in [-0.2, 0) is 28.5 Å². The second-order valence-electron chi connectivity index (χ2n) is 14.1. The van der Waals surface area contributed by atoms with E-state index in [2.05, 4.69) is 12.2 Å². The van der Waals surface area contributed by atoms with Crippen LogP contribution in [0.2, 0.25) is 0 Å². The zero-order valence-electron chi connectivity index (χ0n) is 29.9. The van der Waals surface area contributed by atoms with Gasteiger partial charge >= 0.3 is 0 Å². The summed E-state index contributed by atoms with van der Waals surface area (Å²) in [5.74, 6) is -0.448. The highest BCUT2D eigenvalue weighted by atomic mass is 16.7. The third-order valence-corrected chi connectivity index (χ3v) is 10.1. The molecule has 3 aliphatic rings. The lowest BCUT2D eigenvalue weighted by molar-refractivity contribution is -0.350. The van der Waals surface area contributed by atoms with E-state index >= 15 is 0 Å². The maximum Gasteiger partial charge on any atom is 0.220 e. The number of aliphatic hydroxyl groups is 8. The molecule has 0 aromatic carbocycles. The molecule has 0 spiro atoms. The lowest BCUT2D eigenvalue weighted by Gasteiger charge is -2.49. The van der Waals surface area contributed by atoms with E-state index in [-0.39, 0.29) is 6.42 Å². The SMILES string of the molecule is CCCCCCCCCCCCCCCC(=O)N[C@H]1[C@H](OC2[C@@H](CO)O[C@@H](O)[C@H](N)[C@H]2O)O[C@H](CO)C(O[C@@H]2O[C@H](CO)[C@@H](O)[C@H](O)[C@H]2N)[C@@H]1O. The van der Waals surface area contributed by atoms with Crippen molar-refractivity contribution in [2.24, 2.45) is 11.5 Å². The van der Waals surface area contributed by atoms with Crippen molar-refractivity contribution in [2.45, 2.75) is 189 Å². The van der Waals surface area contributed by atoms with E-state index in [1.165, 1.54) is 51.4 Å². The van der Waals surface area contributed by atoms with Crippen molar-refractivity contribution < 1.29 is 69.3 Å². The first-order valence-corrected chi connectivity index (χ1v) is 18.8. The molecule has 0 aromatic heterocycles. The average Bonchev–Trinajstić information content (AvgIpc) is 3.12. The predicted octanol–water partition coefficient (Wildman–Crippen LogP) is -2.03. The molecule has 3 fully saturated rings. The van der Waals surface area contributed by atoms with Gasteiger partial charge < -0.3 is 81.3 Å². The highest BCUT2D eigenvalue weighted by molar-refractivity contribution is 5.76. The van der Waals surface area contributed by atoms with Crippen molar-refractivity contribution in [2.75, 3.05) is 19.8 Å². The first kappa shape index (κ1) is 44.3. The zero-order valence-corrected chi connectivity index (χ0v) is 29.9. The van der Waals surface area contributed by atoms with Gasteiger partial charge in [-0.15, -0.1) is 0 Å². The summed E-state index contributed by atoms with van der Waals surface area (Å²) in [6.45, 7) is 0.0983. The Labute approximate surface area is 300 Å². The first-order chi connectivity index (χ1) is 24.5. The Morgan fingerprint density at radius 1 is 0.588 bits per heavy atom. The third-order valence-electron chi connectivity index (χ3n) is 10.1. The van der Waals surface area contributed by atoms with Gasteiger partial charge in [0.05, 0.1) is 31.9 Å². The summed E-state index contributed by atoms with van der Waals surface area (Å²) in [4.78, 5) is 13.2. The van der Waals surface area contributed by atoms with Crippen LogP contribution in [-0.4, -0.2) is 159 Å². The van der Waals surface area contributed by atoms with Crippen LogP contribution >= 0.6 is 0 Å². The maximum atomic E-state index is 13.2. The molecule has 51 heavy (non-hydrogen) atoms. The molecule has 17 heteroatoms. The summed E-state index contributed by atoms with van der Waals surface area (Å²) >= 11 is 0. The number of ether oxygens (including phenoxy) is 5. The lowest BCUT2D eigenvalue weighted by atomic mass is 9.94. The van der Waals surface area contributed by atoms with Crippen molar-refractivity contribution in [3.8, 4) is 0 Å². The van der Waals surface area contributed by atoms with Crippen molar-refractivity contribution >= 4 is 5.91 Å². The van der Waals surface area contributed by atoms with Crippen LogP contribution in [0.1, 0.15) is 96.8 Å². The van der Waals surface area contributed by atoms with Gasteiger partial charge in [0, 0.05) is 6.42 Å². The normalized spacial score (nSPS) is 38.8. The summed E-state index contributed by atoms with van der Waals surface area (Å²) in [7, 11) is 0. The number of aliphatic hydroxyl groups excluding tert-OH is 8. The minimum Gasteiger partial charge on any atom is -0.394 e. The highest BCUT2D eigenvalue weighted by Gasteiger charge is 2.53. The number of nitrogens with two attached hydrogens (primary N) is 2. The zero-order chi connectivity index (χ0) is 37.5. The summed E-state index contributed by atoms with van der Waals surface area (Å²) < 4.78 is 28.7. The summed E-state index contributed by atoms with van der Waals surface area (Å²) in [5, 5.41) is 85.5. The van der Waals surface area contributed by atoms with Gasteiger partial charge in [-0.3, -0.25) is 4.79 Å². The monoisotopic (exact) mass is 739 g/mol. The Morgan fingerprint density at radius 3 is 1.61 bits per heavy atom. The number of unbranched alkanes of at least 4 members (excludes halogenated alkanes) is 12. The molecular formula is C34H65N3O14. The lowest BCUT2D eigenvalue weighted by Crippen LogP contribution is -2.70. The molecule has 3 heterocycles. The topological polar surface area (TPSA) is 289 Å². The fraction of sp³-hybridized carbons (Fsp3) is 0.971. The Kier molecular flexibility index (Phi) is 19.9. The van der Waals surface area contributed by atoms with Gasteiger partial charge in [-0.05, 0) is 6.42 Å². The molecule has 0 saturated carbocycles. The number of nitrogens with one attached hydrogen (secondary N) is 1. The quantitative estimate of drug-likeness (QED) is 0.0534. The van der Waals surface area contributed by atoms with E-state index in [9.17, 15) is 45.6 Å². The van der Waals surface area contributed by atoms with E-state index in [0.717, 1.165) is 25.7 Å². The van der Waals surface area contributed by atoms with Crippen LogP contribution in [0.3, 0.4) is 0 Å². The molecule has 13 N–H and O–H groups in total. The molecule has 3 saturated heterocycles. The standard InChI is InChI=1S/C34H65N3O14/c1-2-3-4-5-6-7-8-9-10-11-12-13-14-15-22(41)37-25-29(45)31(50-33-24(36)27(43)26(42)19(16-38)48-33)21(18-40)49-34(25)51-30-20(17-39)47-32(46)23(35)28(30)44/h19-21,23-34,38-40,42-46H,2-18,35-36H2,1H3,(H,37,41)/t19-,20-,21-,23-,24-,25-,26-,27-,28-,29-,30?,31?,32-,33+,34+/m1/s1. The molecule has 0 bridgehead atoms. The first-order valence-electron chi connectivity index (χ1n) is 18.8. The number of carbonyl (C=O) groups is 1. The van der Waals surface area contributed by atoms with E-state index in [1.54, 1.807) is 0 Å². The number of hydrogen-bond acceptors (Lipinski definition) is 16. The van der Waals surface area contributed by atoms with Crippen LogP contribution in [0.4, 0.5) is 0 Å². The Hall–Kier alpha value is -1.13. The predicted molar refractivity (Wildman–Crippen MR) is 181 cm³/mol. The molecular weight excluding hydrogens is 674 g/mol. The van der Waals surface area contributed by atoms with Gasteiger partial charge in [0.2, 0.25) is 5.91 Å². The number of hydrogen-bond donors (Lipinski definition) is 11. The number of amides is 1. The molecule has 0 aromatic rings. The van der Waals surface area contributed by atoms with Gasteiger partial charge in [-0.1, -0.05) is 84.0 Å². The summed E-state index contributed by atoms with van der Waals surface area (Å²) in [6.07, 6.45) is -2.75. The summed E-state index contributed by atoms with van der Waals surface area (Å²) in [6, 6.07) is -4.05. The van der Waals surface area contributed by atoms with Gasteiger partial charge in [0.1, 0.15) is 61.0 Å². The van der Waals surface area contributed by atoms with E-state index in [4.69, 9.17) is 35.2 Å². The van der Waals surface area contributed by atoms with Crippen LogP contribution in [0.15, 0.2) is 0 Å². The van der Waals surface area contributed by atoms with Crippen molar-refractivity contribution in [1.29, 1.82) is 0 Å². The molecule has 3 aliphatic heterocycles. The molecule has 2 unspecified atom stereocenters. The number of carbonyl (C=O) groups excluding carboxylic acids is 1. The second-order valence-corrected chi connectivity index (χ2v) is 14.1. The van der Waals surface area contributed by atoms with Gasteiger partial charge in [0.25, 0.3) is 0 Å². The van der Waals surface area contributed by atoms with Crippen LogP contribution < -0.4 is 16.8 Å². The van der Waals surface area contributed by atoms with Gasteiger partial charge in [-0.25, -0.2) is 0 Å². The van der Waals surface area contributed by atoms with Gasteiger partial charge in [-0.2, -0.15) is 0 Å². The van der Waals surface area contributed by atoms with Crippen LogP contribution in [0, 0.1) is 0 Å². The minimum atomic E-state index is -1.67. The Morgan fingerprint density at radius 2 is 1.06 bits per heavy atom. The van der Waals surface area contributed by atoms with E-state index in [0.29, 0.717) is 6.42 Å². The fourth-order valence-corrected chi connectivity index (χ4v) is 6.87. The highest BCUT2D eigenvalue weighted by Crippen LogP contribution is 2.32. The molecule has 15 atom stereocenters. The van der Waals surface area contributed by atoms with Crippen LogP contribution in [0.5, 0.6) is 0 Å². The summed E-state index contributed by atoms with van der Waals surface area (Å²) in [5.41, 5.74) is 11.9. The molecule has 1 amide bonds. The minimum absolute atomic E-state index is 0.118. The molecule has 300 valence electrons. The van der Waals surface area contributed by atoms with Crippen molar-refractivity contribution in [3.05, 3.63) is 0 Å². The smallest absolute Gasteiger partial charge is 0.220 e. The average molecular weight is 740 g/mol. The van der Waals surface area contributed by atoms with E-state index in [1.807, 2.05) is 0 Å². The third kappa shape index (κ3) is 12.7. The Balaban J connectivity index is 1.63. The maximum absolute atomic E-state index is 13.2. The molecule has 0 radical (unpaired) electrons. The second kappa shape index (κ2) is 22.9. The number of rotatable bonds is 22. The Bertz CT molecular complexity index is 969. The largest absolute Gasteiger partial charge is 0.394 e. The molecule has 17 nitrogen and oxygen atoms in total. The molecule has 0 aliphatic carbocycles.